The van der Waals surface area contributed by atoms with Crippen molar-refractivity contribution in [3.63, 3.8) is 0 Å². The highest BCUT2D eigenvalue weighted by Gasteiger charge is 2.22. The van der Waals surface area contributed by atoms with Gasteiger partial charge in [-0.25, -0.2) is 0 Å². The monoisotopic (exact) mass is 257 g/mol. The summed E-state index contributed by atoms with van der Waals surface area (Å²) in [5, 5.41) is 15.0. The van der Waals surface area contributed by atoms with E-state index in [1.165, 1.54) is 32.1 Å². The summed E-state index contributed by atoms with van der Waals surface area (Å²) in [6.07, 6.45) is 6.23. The second kappa shape index (κ2) is 8.32. The third kappa shape index (κ3) is 4.82. The van der Waals surface area contributed by atoms with Crippen LogP contribution in [0.4, 0.5) is 0 Å². The molecule has 0 aromatic heterocycles. The largest absolute Gasteiger partial charge is 0.409 e. The molecule has 5 heteroatoms. The maximum atomic E-state index is 8.50. The van der Waals surface area contributed by atoms with Crippen LogP contribution in [0.25, 0.3) is 0 Å². The highest BCUT2D eigenvalue weighted by Crippen LogP contribution is 2.26. The number of rotatable bonds is 7. The Kier molecular flexibility index (Phi) is 7.05. The van der Waals surface area contributed by atoms with Gasteiger partial charge >= 0.3 is 0 Å². The molecule has 3 unspecified atom stereocenters. The van der Waals surface area contributed by atoms with Crippen LogP contribution in [-0.4, -0.2) is 36.3 Å². The summed E-state index contributed by atoms with van der Waals surface area (Å²) >= 11 is 0. The van der Waals surface area contributed by atoms with Gasteiger partial charge in [0.25, 0.3) is 0 Å². The van der Waals surface area contributed by atoms with Gasteiger partial charge in [-0.1, -0.05) is 31.3 Å². The molecule has 0 amide bonds. The van der Waals surface area contributed by atoms with Gasteiger partial charge in [-0.2, -0.15) is 0 Å². The molecule has 0 aromatic rings. The minimum Gasteiger partial charge on any atom is -0.409 e. The lowest BCUT2D eigenvalue weighted by Gasteiger charge is -2.31. The van der Waals surface area contributed by atoms with Gasteiger partial charge in [0.15, 0.2) is 5.84 Å². The fourth-order valence-corrected chi connectivity index (χ4v) is 2.61. The number of oxime groups is 1. The highest BCUT2D eigenvalue weighted by molar-refractivity contribution is 5.83. The quantitative estimate of drug-likeness (QED) is 0.213. The van der Waals surface area contributed by atoms with Crippen molar-refractivity contribution in [2.24, 2.45) is 16.8 Å². The molecule has 1 rings (SSSR count). The molecule has 0 bridgehead atoms. The van der Waals surface area contributed by atoms with Crippen LogP contribution in [0.1, 0.15) is 46.0 Å². The molecule has 106 valence electrons. The van der Waals surface area contributed by atoms with E-state index in [2.05, 4.69) is 17.4 Å². The van der Waals surface area contributed by atoms with Gasteiger partial charge in [-0.05, 0) is 25.7 Å². The Morgan fingerprint density at radius 2 is 2.22 bits per heavy atom. The zero-order valence-corrected chi connectivity index (χ0v) is 11.6. The van der Waals surface area contributed by atoms with Crippen LogP contribution in [0.2, 0.25) is 0 Å². The van der Waals surface area contributed by atoms with E-state index in [4.69, 9.17) is 15.7 Å². The average molecular weight is 257 g/mol. The molecule has 1 fully saturated rings. The first-order valence-corrected chi connectivity index (χ1v) is 7.01. The standard InChI is InChI=1S/C13H27N3O2/c1-3-11-6-4-5-7-12(11)15-8-9-18-10(2)13(14)16-17/h10-12,15,17H,3-9H2,1-2H3,(H2,14,16). The van der Waals surface area contributed by atoms with Gasteiger partial charge in [0, 0.05) is 12.6 Å². The van der Waals surface area contributed by atoms with Crippen LogP contribution >= 0.6 is 0 Å². The third-order valence-corrected chi connectivity index (χ3v) is 3.84. The van der Waals surface area contributed by atoms with E-state index in [9.17, 15) is 0 Å². The molecule has 5 nitrogen and oxygen atoms in total. The Hall–Kier alpha value is -0.810. The van der Waals surface area contributed by atoms with Crippen LogP contribution in [0, 0.1) is 5.92 Å². The first-order valence-electron chi connectivity index (χ1n) is 7.01. The van der Waals surface area contributed by atoms with E-state index in [0.29, 0.717) is 12.6 Å². The van der Waals surface area contributed by atoms with E-state index >= 15 is 0 Å². The number of ether oxygens (including phenoxy) is 1. The molecule has 0 spiro atoms. The van der Waals surface area contributed by atoms with Crippen molar-refractivity contribution in [3.05, 3.63) is 0 Å². The second-order valence-corrected chi connectivity index (χ2v) is 5.05. The minimum atomic E-state index is -0.329. The Labute approximate surface area is 110 Å². The smallest absolute Gasteiger partial charge is 0.168 e. The lowest BCUT2D eigenvalue weighted by molar-refractivity contribution is 0.102. The molecule has 0 aromatic carbocycles. The maximum absolute atomic E-state index is 8.50. The van der Waals surface area contributed by atoms with Gasteiger partial charge in [0.2, 0.25) is 0 Å². The molecule has 4 N–H and O–H groups in total. The molecular formula is C13H27N3O2. The van der Waals surface area contributed by atoms with Gasteiger partial charge in [-0.3, -0.25) is 0 Å². The number of hydrogen-bond donors (Lipinski definition) is 3. The SMILES string of the molecule is CCC1CCCCC1NCCOC(C)C(N)=NO. The van der Waals surface area contributed by atoms with Gasteiger partial charge in [0.05, 0.1) is 6.61 Å². The molecule has 3 atom stereocenters. The Morgan fingerprint density at radius 1 is 1.50 bits per heavy atom. The zero-order chi connectivity index (χ0) is 13.4. The van der Waals surface area contributed by atoms with E-state index < -0.39 is 0 Å². The molecule has 0 aliphatic heterocycles. The van der Waals surface area contributed by atoms with Crippen LogP contribution in [0.15, 0.2) is 5.16 Å². The summed E-state index contributed by atoms with van der Waals surface area (Å²) in [7, 11) is 0. The van der Waals surface area contributed by atoms with E-state index in [0.717, 1.165) is 12.5 Å². The normalized spacial score (nSPS) is 27.1. The van der Waals surface area contributed by atoms with Crippen molar-refractivity contribution >= 4 is 5.84 Å². The predicted molar refractivity (Wildman–Crippen MR) is 72.9 cm³/mol. The molecule has 0 heterocycles. The molecular weight excluding hydrogens is 230 g/mol. The molecule has 0 saturated heterocycles. The maximum Gasteiger partial charge on any atom is 0.168 e. The van der Waals surface area contributed by atoms with Crippen molar-refractivity contribution in [1.82, 2.24) is 5.32 Å². The molecule has 0 radical (unpaired) electrons. The van der Waals surface area contributed by atoms with Crippen LogP contribution in [-0.2, 0) is 4.74 Å². The second-order valence-electron chi connectivity index (χ2n) is 5.05. The van der Waals surface area contributed by atoms with Crippen molar-refractivity contribution in [2.45, 2.75) is 58.1 Å². The van der Waals surface area contributed by atoms with Gasteiger partial charge < -0.3 is 21.0 Å². The number of nitrogens with one attached hydrogen (secondary N) is 1. The molecule has 18 heavy (non-hydrogen) atoms. The fourth-order valence-electron chi connectivity index (χ4n) is 2.61. The first kappa shape index (κ1) is 15.2. The van der Waals surface area contributed by atoms with Crippen LogP contribution in [0.3, 0.4) is 0 Å². The Morgan fingerprint density at radius 3 is 2.89 bits per heavy atom. The summed E-state index contributed by atoms with van der Waals surface area (Å²) in [5.74, 6) is 0.930. The predicted octanol–water partition coefficient (Wildman–Crippen LogP) is 1.70. The van der Waals surface area contributed by atoms with E-state index in [-0.39, 0.29) is 11.9 Å². The third-order valence-electron chi connectivity index (χ3n) is 3.84. The highest BCUT2D eigenvalue weighted by atomic mass is 16.5. The van der Waals surface area contributed by atoms with Crippen molar-refractivity contribution in [1.29, 1.82) is 0 Å². The minimum absolute atomic E-state index is 0.124. The van der Waals surface area contributed by atoms with Crippen molar-refractivity contribution in [3.8, 4) is 0 Å². The molecule has 1 aliphatic carbocycles. The first-order chi connectivity index (χ1) is 8.69. The van der Waals surface area contributed by atoms with Gasteiger partial charge in [-0.15, -0.1) is 0 Å². The molecule has 1 saturated carbocycles. The number of nitrogens with two attached hydrogens (primary N) is 1. The van der Waals surface area contributed by atoms with E-state index in [1.807, 2.05) is 0 Å². The summed E-state index contributed by atoms with van der Waals surface area (Å²) in [4.78, 5) is 0. The summed E-state index contributed by atoms with van der Waals surface area (Å²) in [5.41, 5.74) is 5.44. The Balaban J connectivity index is 2.16. The van der Waals surface area contributed by atoms with Crippen LogP contribution in [0.5, 0.6) is 0 Å². The van der Waals surface area contributed by atoms with Gasteiger partial charge in [0.1, 0.15) is 6.10 Å². The summed E-state index contributed by atoms with van der Waals surface area (Å²) in [6, 6.07) is 0.631. The Bertz CT molecular complexity index is 259. The fraction of sp³-hybridized carbons (Fsp3) is 0.923. The number of hydrogen-bond acceptors (Lipinski definition) is 4. The number of nitrogens with zero attached hydrogens (tertiary/aromatic N) is 1. The zero-order valence-electron chi connectivity index (χ0n) is 11.6. The van der Waals surface area contributed by atoms with Crippen molar-refractivity contribution in [2.75, 3.05) is 13.2 Å². The van der Waals surface area contributed by atoms with Crippen LogP contribution < -0.4 is 11.1 Å². The molecule has 1 aliphatic rings. The topological polar surface area (TPSA) is 79.9 Å². The number of amidine groups is 1. The summed E-state index contributed by atoms with van der Waals surface area (Å²) in [6.45, 7) is 5.46. The summed E-state index contributed by atoms with van der Waals surface area (Å²) < 4.78 is 5.48. The lowest BCUT2D eigenvalue weighted by atomic mass is 9.83. The lowest BCUT2D eigenvalue weighted by Crippen LogP contribution is -2.40. The average Bonchev–Trinajstić information content (AvgIpc) is 2.42. The van der Waals surface area contributed by atoms with E-state index in [1.54, 1.807) is 6.92 Å². The van der Waals surface area contributed by atoms with Crippen molar-refractivity contribution < 1.29 is 9.94 Å².